The summed E-state index contributed by atoms with van der Waals surface area (Å²) >= 11 is 1.08. The molecule has 1 aromatic rings. The summed E-state index contributed by atoms with van der Waals surface area (Å²) in [5.41, 5.74) is 0. The number of rotatable bonds is 2. The largest absolute Gasteiger partial charge is 0.477 e. The fourth-order valence-electron chi connectivity index (χ4n) is 3.51. The van der Waals surface area contributed by atoms with E-state index in [1.807, 2.05) is 4.90 Å². The molecule has 2 atom stereocenters. The molecule has 1 saturated heterocycles. The van der Waals surface area contributed by atoms with Crippen LogP contribution in [0.15, 0.2) is 12.1 Å². The van der Waals surface area contributed by atoms with Gasteiger partial charge in [-0.2, -0.15) is 0 Å². The fourth-order valence-corrected chi connectivity index (χ4v) is 4.32. The van der Waals surface area contributed by atoms with Crippen LogP contribution in [0, 0.1) is 11.8 Å². The fraction of sp³-hybridized carbons (Fsp3) is 0.600. The lowest BCUT2D eigenvalue weighted by atomic mass is 9.75. The molecule has 1 aliphatic heterocycles. The number of hydrogen-bond acceptors (Lipinski definition) is 3. The molecule has 1 N–H and O–H groups in total. The second-order valence-corrected chi connectivity index (χ2v) is 6.90. The predicted molar refractivity (Wildman–Crippen MR) is 77.2 cm³/mol. The highest BCUT2D eigenvalue weighted by Gasteiger charge is 2.33. The van der Waals surface area contributed by atoms with Gasteiger partial charge in [-0.25, -0.2) is 4.79 Å². The first-order valence-corrected chi connectivity index (χ1v) is 8.09. The minimum Gasteiger partial charge on any atom is -0.477 e. The molecule has 0 radical (unpaired) electrons. The van der Waals surface area contributed by atoms with Crippen LogP contribution in [0.1, 0.15) is 51.4 Å². The number of aromatic carboxylic acids is 1. The molecule has 20 heavy (non-hydrogen) atoms. The van der Waals surface area contributed by atoms with Crippen LogP contribution in [0.2, 0.25) is 0 Å². The Hall–Kier alpha value is -1.36. The highest BCUT2D eigenvalue weighted by molar-refractivity contribution is 7.15. The van der Waals surface area contributed by atoms with Crippen molar-refractivity contribution in [1.82, 2.24) is 4.90 Å². The van der Waals surface area contributed by atoms with Gasteiger partial charge in [0.1, 0.15) is 4.88 Å². The predicted octanol–water partition coefficient (Wildman–Crippen LogP) is 3.10. The maximum Gasteiger partial charge on any atom is 0.345 e. The molecule has 3 rings (SSSR count). The normalized spacial score (nSPS) is 26.1. The zero-order valence-corrected chi connectivity index (χ0v) is 12.2. The van der Waals surface area contributed by atoms with Gasteiger partial charge in [0, 0.05) is 13.1 Å². The van der Waals surface area contributed by atoms with Crippen molar-refractivity contribution in [2.24, 2.45) is 11.8 Å². The van der Waals surface area contributed by atoms with Crippen LogP contribution in [0.4, 0.5) is 0 Å². The number of carbonyl (C=O) groups is 2. The van der Waals surface area contributed by atoms with Gasteiger partial charge in [-0.3, -0.25) is 4.79 Å². The van der Waals surface area contributed by atoms with Crippen LogP contribution in [-0.2, 0) is 0 Å². The summed E-state index contributed by atoms with van der Waals surface area (Å²) in [5, 5.41) is 8.93. The Balaban J connectivity index is 1.69. The van der Waals surface area contributed by atoms with E-state index in [1.165, 1.54) is 31.7 Å². The Morgan fingerprint density at radius 1 is 1.10 bits per heavy atom. The summed E-state index contributed by atoms with van der Waals surface area (Å²) in [7, 11) is 0. The molecule has 4 nitrogen and oxygen atoms in total. The van der Waals surface area contributed by atoms with E-state index < -0.39 is 5.97 Å². The highest BCUT2D eigenvalue weighted by Crippen LogP contribution is 2.36. The number of nitrogens with zero attached hydrogens (tertiary/aromatic N) is 1. The number of amides is 1. The van der Waals surface area contributed by atoms with Gasteiger partial charge in [-0.1, -0.05) is 19.3 Å². The molecule has 1 saturated carbocycles. The van der Waals surface area contributed by atoms with Crippen molar-refractivity contribution in [2.75, 3.05) is 13.1 Å². The summed E-state index contributed by atoms with van der Waals surface area (Å²) in [5.74, 6) is 0.498. The molecule has 2 fully saturated rings. The third kappa shape index (κ3) is 2.59. The van der Waals surface area contributed by atoms with Crippen molar-refractivity contribution in [3.05, 3.63) is 21.9 Å². The number of likely N-dealkylation sites (tertiary alicyclic amines) is 1. The average Bonchev–Trinajstić information content (AvgIpc) is 2.96. The molecule has 1 aromatic heterocycles. The van der Waals surface area contributed by atoms with E-state index in [1.54, 1.807) is 6.07 Å². The van der Waals surface area contributed by atoms with E-state index in [-0.39, 0.29) is 10.8 Å². The zero-order chi connectivity index (χ0) is 14.1. The summed E-state index contributed by atoms with van der Waals surface area (Å²) in [6, 6.07) is 3.16. The van der Waals surface area contributed by atoms with Gasteiger partial charge in [0.15, 0.2) is 0 Å². The standard InChI is InChI=1S/C15H19NO3S/c17-14(12-5-6-13(20-12)15(18)19)16-8-7-10-3-1-2-4-11(10)9-16/h5-6,10-11H,1-4,7-9H2,(H,18,19)/t10-,11+/m1/s1. The van der Waals surface area contributed by atoms with Gasteiger partial charge < -0.3 is 10.0 Å². The van der Waals surface area contributed by atoms with E-state index in [4.69, 9.17) is 5.11 Å². The van der Waals surface area contributed by atoms with E-state index in [9.17, 15) is 9.59 Å². The molecular weight excluding hydrogens is 274 g/mol. The summed E-state index contributed by atoms with van der Waals surface area (Å²) in [6.07, 6.45) is 6.27. The first-order valence-electron chi connectivity index (χ1n) is 7.27. The Labute approximate surface area is 122 Å². The summed E-state index contributed by atoms with van der Waals surface area (Å²) in [6.45, 7) is 1.67. The van der Waals surface area contributed by atoms with Crippen molar-refractivity contribution < 1.29 is 14.7 Å². The maximum atomic E-state index is 12.5. The first-order chi connectivity index (χ1) is 9.65. The molecule has 0 bridgehead atoms. The summed E-state index contributed by atoms with van der Waals surface area (Å²) in [4.78, 5) is 26.1. The van der Waals surface area contributed by atoms with Crippen molar-refractivity contribution in [1.29, 1.82) is 0 Å². The number of fused-ring (bicyclic) bond motifs is 1. The molecule has 5 heteroatoms. The van der Waals surface area contributed by atoms with E-state index in [2.05, 4.69) is 0 Å². The molecule has 1 aliphatic carbocycles. The maximum absolute atomic E-state index is 12.5. The third-order valence-corrected chi connectivity index (χ3v) is 5.67. The van der Waals surface area contributed by atoms with Gasteiger partial charge >= 0.3 is 5.97 Å². The van der Waals surface area contributed by atoms with Crippen LogP contribution < -0.4 is 0 Å². The van der Waals surface area contributed by atoms with E-state index in [0.717, 1.165) is 36.8 Å². The van der Waals surface area contributed by atoms with Gasteiger partial charge in [0.2, 0.25) is 0 Å². The van der Waals surface area contributed by atoms with Crippen molar-refractivity contribution in [3.63, 3.8) is 0 Å². The van der Waals surface area contributed by atoms with Gasteiger partial charge in [0.25, 0.3) is 5.91 Å². The number of hydrogen-bond donors (Lipinski definition) is 1. The lowest BCUT2D eigenvalue weighted by molar-refractivity contribution is 0.0525. The molecular formula is C15H19NO3S. The lowest BCUT2D eigenvalue weighted by Gasteiger charge is -2.41. The zero-order valence-electron chi connectivity index (χ0n) is 11.4. The lowest BCUT2D eigenvalue weighted by Crippen LogP contribution is -2.44. The number of carboxylic acid groups (broad SMARTS) is 1. The van der Waals surface area contributed by atoms with Crippen molar-refractivity contribution in [2.45, 2.75) is 32.1 Å². The van der Waals surface area contributed by atoms with Crippen LogP contribution in [0.3, 0.4) is 0 Å². The van der Waals surface area contributed by atoms with Gasteiger partial charge in [0.05, 0.1) is 4.88 Å². The Bertz CT molecular complexity index is 525. The topological polar surface area (TPSA) is 57.6 Å². The minimum absolute atomic E-state index is 0.00604. The van der Waals surface area contributed by atoms with Gasteiger partial charge in [-0.05, 0) is 36.8 Å². The van der Waals surface area contributed by atoms with Crippen molar-refractivity contribution in [3.8, 4) is 0 Å². The molecule has 2 aliphatic rings. The Morgan fingerprint density at radius 2 is 1.80 bits per heavy atom. The quantitative estimate of drug-likeness (QED) is 0.911. The molecule has 1 amide bonds. The number of carbonyl (C=O) groups excluding carboxylic acids is 1. The van der Waals surface area contributed by atoms with E-state index in [0.29, 0.717) is 10.8 Å². The summed E-state index contributed by atoms with van der Waals surface area (Å²) < 4.78 is 0. The minimum atomic E-state index is -0.958. The molecule has 108 valence electrons. The number of piperidine rings is 1. The second-order valence-electron chi connectivity index (χ2n) is 5.81. The van der Waals surface area contributed by atoms with Gasteiger partial charge in [-0.15, -0.1) is 11.3 Å². The second kappa shape index (κ2) is 5.56. The van der Waals surface area contributed by atoms with Crippen LogP contribution in [-0.4, -0.2) is 35.0 Å². The third-order valence-electron chi connectivity index (χ3n) is 4.61. The SMILES string of the molecule is O=C(O)c1ccc(C(=O)N2CC[C@H]3CCCC[C@H]3C2)s1. The van der Waals surface area contributed by atoms with Crippen molar-refractivity contribution >= 4 is 23.2 Å². The van der Waals surface area contributed by atoms with E-state index >= 15 is 0 Å². The van der Waals surface area contributed by atoms with Crippen LogP contribution >= 0.6 is 11.3 Å². The van der Waals surface area contributed by atoms with Crippen LogP contribution in [0.5, 0.6) is 0 Å². The first kappa shape index (κ1) is 13.6. The molecule has 0 aromatic carbocycles. The smallest absolute Gasteiger partial charge is 0.345 e. The number of thiophene rings is 1. The molecule has 0 spiro atoms. The molecule has 0 unspecified atom stereocenters. The van der Waals surface area contributed by atoms with Crippen LogP contribution in [0.25, 0.3) is 0 Å². The monoisotopic (exact) mass is 293 g/mol. The number of carboxylic acids is 1. The Kier molecular flexibility index (Phi) is 3.78. The highest BCUT2D eigenvalue weighted by atomic mass is 32.1. The molecule has 2 heterocycles. The Morgan fingerprint density at radius 3 is 2.50 bits per heavy atom. The average molecular weight is 293 g/mol.